The molecule has 4 aromatic rings. The van der Waals surface area contributed by atoms with Crippen LogP contribution in [-0.2, 0) is 4.79 Å². The highest BCUT2D eigenvalue weighted by atomic mass is 19.1. The Bertz CT molecular complexity index is 1400. The normalized spacial score (nSPS) is 14.9. The third-order valence-electron chi connectivity index (χ3n) is 5.87. The van der Waals surface area contributed by atoms with Gasteiger partial charge in [-0.05, 0) is 44.2 Å². The Labute approximate surface area is 200 Å². The summed E-state index contributed by atoms with van der Waals surface area (Å²) in [7, 11) is 1.59. The average Bonchev–Trinajstić information content (AvgIpc) is 3.20. The minimum atomic E-state index is -0.342. The molecule has 0 saturated carbocycles. The van der Waals surface area contributed by atoms with Crippen LogP contribution in [0, 0.1) is 12.7 Å². The molecule has 0 bridgehead atoms. The molecule has 1 N–H and O–H groups in total. The highest BCUT2D eigenvalue weighted by Crippen LogP contribution is 2.45. The number of nitrogens with zero attached hydrogens (tertiary/aromatic N) is 5. The first-order chi connectivity index (χ1) is 17.0. The molecular weight excluding hydrogens is 451 g/mol. The number of para-hydroxylation sites is 1. The zero-order valence-electron chi connectivity index (χ0n) is 19.4. The number of rotatable bonds is 6. The van der Waals surface area contributed by atoms with Crippen molar-refractivity contribution in [2.45, 2.75) is 26.2 Å². The van der Waals surface area contributed by atoms with Gasteiger partial charge in [0.15, 0.2) is 11.5 Å². The van der Waals surface area contributed by atoms with Gasteiger partial charge in [-0.25, -0.2) is 9.37 Å². The molecule has 2 aromatic carbocycles. The van der Waals surface area contributed by atoms with Gasteiger partial charge in [-0.1, -0.05) is 12.1 Å². The molecule has 1 unspecified atom stereocenters. The van der Waals surface area contributed by atoms with Crippen molar-refractivity contribution in [1.82, 2.24) is 25.0 Å². The first kappa shape index (κ1) is 22.5. The molecule has 1 amide bonds. The summed E-state index contributed by atoms with van der Waals surface area (Å²) in [6.07, 6.45) is 1.72. The van der Waals surface area contributed by atoms with E-state index in [4.69, 9.17) is 9.47 Å². The van der Waals surface area contributed by atoms with Gasteiger partial charge in [0.1, 0.15) is 11.6 Å². The molecule has 9 nitrogen and oxygen atoms in total. The van der Waals surface area contributed by atoms with Crippen molar-refractivity contribution in [3.63, 3.8) is 0 Å². The molecule has 3 heterocycles. The Hall–Kier alpha value is -4.34. The summed E-state index contributed by atoms with van der Waals surface area (Å²) >= 11 is 0. The van der Waals surface area contributed by atoms with E-state index in [0.29, 0.717) is 40.9 Å². The molecule has 5 rings (SSSR count). The third-order valence-corrected chi connectivity index (χ3v) is 5.87. The molecule has 10 heteroatoms. The standard InChI is InChI=1S/C25H23FN6O3/c1-4-35-23-17(6-5-7-20(23)34-3)18-12-21(33)29-24-22(18)14(2)31-32(24)25-28-19(13-27-30-25)15-8-10-16(26)11-9-15/h5-11,13,18H,4,12H2,1-3H3,(H,29,33). The molecule has 0 aliphatic carbocycles. The molecule has 1 atom stereocenters. The minimum Gasteiger partial charge on any atom is -0.493 e. The van der Waals surface area contributed by atoms with E-state index < -0.39 is 0 Å². The van der Waals surface area contributed by atoms with Crippen molar-refractivity contribution in [3.05, 3.63) is 71.3 Å². The summed E-state index contributed by atoms with van der Waals surface area (Å²) in [6.45, 7) is 4.22. The SMILES string of the molecule is CCOc1c(OC)cccc1C1CC(=O)Nc2c1c(C)nn2-c1nncc(-c2ccc(F)cc2)n1. The van der Waals surface area contributed by atoms with Gasteiger partial charge in [0.25, 0.3) is 5.95 Å². The summed E-state index contributed by atoms with van der Waals surface area (Å²) in [6, 6.07) is 11.6. The second kappa shape index (κ2) is 9.13. The van der Waals surface area contributed by atoms with Gasteiger partial charge in [0.05, 0.1) is 31.3 Å². The third kappa shape index (κ3) is 4.07. The Balaban J connectivity index is 1.63. The number of halogens is 1. The number of carbonyl (C=O) groups is 1. The molecule has 2 aromatic heterocycles. The van der Waals surface area contributed by atoms with E-state index in [0.717, 1.165) is 11.1 Å². The largest absolute Gasteiger partial charge is 0.493 e. The number of benzene rings is 2. The molecule has 1 aliphatic heterocycles. The van der Waals surface area contributed by atoms with Crippen molar-refractivity contribution < 1.29 is 18.7 Å². The predicted molar refractivity (Wildman–Crippen MR) is 126 cm³/mol. The molecule has 1 aliphatic rings. The van der Waals surface area contributed by atoms with E-state index in [9.17, 15) is 9.18 Å². The number of aryl methyl sites for hydroxylation is 1. The number of methoxy groups -OCH3 is 1. The van der Waals surface area contributed by atoms with Gasteiger partial charge < -0.3 is 14.8 Å². The second-order valence-electron chi connectivity index (χ2n) is 8.02. The summed E-state index contributed by atoms with van der Waals surface area (Å²) in [5, 5.41) is 15.8. The zero-order valence-corrected chi connectivity index (χ0v) is 19.4. The lowest BCUT2D eigenvalue weighted by atomic mass is 9.85. The van der Waals surface area contributed by atoms with Gasteiger partial charge in [0, 0.05) is 29.0 Å². The quantitative estimate of drug-likeness (QED) is 0.450. The van der Waals surface area contributed by atoms with Gasteiger partial charge in [0.2, 0.25) is 5.91 Å². The average molecular weight is 474 g/mol. The second-order valence-corrected chi connectivity index (χ2v) is 8.02. The molecule has 0 fully saturated rings. The highest BCUT2D eigenvalue weighted by molar-refractivity contribution is 5.95. The van der Waals surface area contributed by atoms with E-state index in [1.165, 1.54) is 23.0 Å². The van der Waals surface area contributed by atoms with E-state index in [-0.39, 0.29) is 30.0 Å². The van der Waals surface area contributed by atoms with Crippen molar-refractivity contribution >= 4 is 11.7 Å². The first-order valence-corrected chi connectivity index (χ1v) is 11.1. The summed E-state index contributed by atoms with van der Waals surface area (Å²) < 4.78 is 26.3. The highest BCUT2D eigenvalue weighted by Gasteiger charge is 2.35. The molecule has 0 saturated heterocycles. The van der Waals surface area contributed by atoms with E-state index >= 15 is 0 Å². The fraction of sp³-hybridized carbons (Fsp3) is 0.240. The summed E-state index contributed by atoms with van der Waals surface area (Å²) in [5.41, 5.74) is 3.58. The maximum Gasteiger partial charge on any atom is 0.272 e. The van der Waals surface area contributed by atoms with Gasteiger partial charge in [-0.2, -0.15) is 14.9 Å². The van der Waals surface area contributed by atoms with Crippen LogP contribution in [0.15, 0.2) is 48.7 Å². The number of ether oxygens (including phenoxy) is 2. The number of carbonyl (C=O) groups excluding carboxylic acids is 1. The maximum absolute atomic E-state index is 13.4. The zero-order chi connectivity index (χ0) is 24.5. The van der Waals surface area contributed by atoms with Gasteiger partial charge >= 0.3 is 0 Å². The van der Waals surface area contributed by atoms with Gasteiger partial charge in [-0.15, -0.1) is 5.10 Å². The van der Waals surface area contributed by atoms with Crippen LogP contribution >= 0.6 is 0 Å². The maximum atomic E-state index is 13.4. The lowest BCUT2D eigenvalue weighted by Crippen LogP contribution is -2.25. The van der Waals surface area contributed by atoms with Crippen LogP contribution in [0.25, 0.3) is 17.2 Å². The molecule has 178 valence electrons. The molecule has 35 heavy (non-hydrogen) atoms. The van der Waals surface area contributed by atoms with Crippen molar-refractivity contribution in [2.75, 3.05) is 19.0 Å². The molecular formula is C25H23FN6O3. The fourth-order valence-electron chi connectivity index (χ4n) is 4.37. The number of aromatic nitrogens is 5. The van der Waals surface area contributed by atoms with Crippen molar-refractivity contribution in [3.8, 4) is 28.7 Å². The number of amides is 1. The minimum absolute atomic E-state index is 0.170. The monoisotopic (exact) mass is 474 g/mol. The van der Waals surface area contributed by atoms with Crippen molar-refractivity contribution in [2.24, 2.45) is 0 Å². The van der Waals surface area contributed by atoms with Gasteiger partial charge in [-0.3, -0.25) is 4.79 Å². The molecule has 0 spiro atoms. The van der Waals surface area contributed by atoms with Crippen LogP contribution in [0.5, 0.6) is 11.5 Å². The van der Waals surface area contributed by atoms with Crippen LogP contribution < -0.4 is 14.8 Å². The number of nitrogens with one attached hydrogen (secondary N) is 1. The van der Waals surface area contributed by atoms with E-state index in [1.54, 1.807) is 19.2 Å². The van der Waals surface area contributed by atoms with Crippen LogP contribution in [0.3, 0.4) is 0 Å². The summed E-state index contributed by atoms with van der Waals surface area (Å²) in [4.78, 5) is 17.4. The Morgan fingerprint density at radius 3 is 2.74 bits per heavy atom. The Morgan fingerprint density at radius 1 is 1.20 bits per heavy atom. The summed E-state index contributed by atoms with van der Waals surface area (Å²) in [5.74, 6) is 1.05. The Morgan fingerprint density at radius 2 is 2.00 bits per heavy atom. The van der Waals surface area contributed by atoms with Crippen molar-refractivity contribution in [1.29, 1.82) is 0 Å². The number of hydrogen-bond acceptors (Lipinski definition) is 7. The van der Waals surface area contributed by atoms with Crippen LogP contribution in [0.2, 0.25) is 0 Å². The van der Waals surface area contributed by atoms with Crippen LogP contribution in [0.4, 0.5) is 10.2 Å². The number of anilines is 1. The van der Waals surface area contributed by atoms with Crippen LogP contribution in [-0.4, -0.2) is 44.6 Å². The molecule has 0 radical (unpaired) electrons. The number of fused-ring (bicyclic) bond motifs is 1. The van der Waals surface area contributed by atoms with E-state index in [1.807, 2.05) is 32.0 Å². The smallest absolute Gasteiger partial charge is 0.272 e. The topological polar surface area (TPSA) is 104 Å². The first-order valence-electron chi connectivity index (χ1n) is 11.1. The predicted octanol–water partition coefficient (Wildman–Crippen LogP) is 4.05. The lowest BCUT2D eigenvalue weighted by molar-refractivity contribution is -0.116. The number of hydrogen-bond donors (Lipinski definition) is 1. The lowest BCUT2D eigenvalue weighted by Gasteiger charge is -2.26. The van der Waals surface area contributed by atoms with Crippen LogP contribution in [0.1, 0.15) is 36.1 Å². The van der Waals surface area contributed by atoms with E-state index in [2.05, 4.69) is 25.6 Å². The fourth-order valence-corrected chi connectivity index (χ4v) is 4.37. The Kier molecular flexibility index (Phi) is 5.86.